The molecule has 0 saturated heterocycles. The number of hydrogen-bond donors (Lipinski definition) is 2. The Bertz CT molecular complexity index is 742. The molecule has 8 nitrogen and oxygen atoms in total. The molecule has 0 unspecified atom stereocenters. The van der Waals surface area contributed by atoms with Gasteiger partial charge in [0.1, 0.15) is 5.70 Å². The fourth-order valence-corrected chi connectivity index (χ4v) is 2.93. The van der Waals surface area contributed by atoms with Crippen molar-refractivity contribution in [2.75, 3.05) is 45.8 Å². The summed E-state index contributed by atoms with van der Waals surface area (Å²) in [5, 5.41) is 11.9. The molecule has 1 aromatic rings. The molecule has 1 heterocycles. The molecule has 0 fully saturated rings. The van der Waals surface area contributed by atoms with Crippen LogP contribution in [0.4, 0.5) is 5.69 Å². The summed E-state index contributed by atoms with van der Waals surface area (Å²) in [5.41, 5.74) is 1.74. The van der Waals surface area contributed by atoms with E-state index in [2.05, 4.69) is 5.32 Å². The number of anilines is 1. The minimum absolute atomic E-state index is 0.139. The lowest BCUT2D eigenvalue weighted by molar-refractivity contribution is -0.137. The Morgan fingerprint density at radius 2 is 1.89 bits per heavy atom. The number of hydrogen-bond acceptors (Lipinski definition) is 6. The summed E-state index contributed by atoms with van der Waals surface area (Å²) >= 11 is 0. The molecule has 0 spiro atoms. The van der Waals surface area contributed by atoms with E-state index in [4.69, 9.17) is 4.74 Å². The van der Waals surface area contributed by atoms with E-state index in [1.807, 2.05) is 0 Å². The first-order chi connectivity index (χ1) is 12.9. The van der Waals surface area contributed by atoms with Crippen LogP contribution in [-0.4, -0.2) is 73.1 Å². The second-order valence-corrected chi connectivity index (χ2v) is 6.24. The number of methoxy groups -OCH3 is 1. The van der Waals surface area contributed by atoms with Crippen molar-refractivity contribution in [2.24, 2.45) is 0 Å². The van der Waals surface area contributed by atoms with Crippen molar-refractivity contribution in [2.45, 2.75) is 13.3 Å². The summed E-state index contributed by atoms with van der Waals surface area (Å²) in [6.07, 6.45) is 0.541. The molecular formula is C19H25N3O5. The molecule has 0 atom stereocenters. The van der Waals surface area contributed by atoms with Crippen LogP contribution in [0.15, 0.2) is 30.0 Å². The SMILES string of the molecule is COCCCN1C(=O)C(c2ccc(NC(C)=O)cc2)=C(N(C)CCO)C1=O. The van der Waals surface area contributed by atoms with E-state index in [0.717, 1.165) is 0 Å². The van der Waals surface area contributed by atoms with Crippen LogP contribution in [0.2, 0.25) is 0 Å². The average Bonchev–Trinajstić information content (AvgIpc) is 2.87. The van der Waals surface area contributed by atoms with Gasteiger partial charge in [-0.25, -0.2) is 0 Å². The third-order valence-electron chi connectivity index (χ3n) is 4.18. The number of carbonyl (C=O) groups excluding carboxylic acids is 3. The van der Waals surface area contributed by atoms with Crippen LogP contribution in [0.1, 0.15) is 18.9 Å². The first-order valence-electron chi connectivity index (χ1n) is 8.70. The molecule has 0 aromatic heterocycles. The minimum atomic E-state index is -0.381. The molecule has 2 N–H and O–H groups in total. The molecule has 1 aliphatic rings. The molecule has 3 amide bonds. The maximum absolute atomic E-state index is 12.9. The van der Waals surface area contributed by atoms with Gasteiger partial charge in [0, 0.05) is 46.5 Å². The van der Waals surface area contributed by atoms with Gasteiger partial charge in [-0.05, 0) is 24.1 Å². The van der Waals surface area contributed by atoms with Crippen molar-refractivity contribution in [3.8, 4) is 0 Å². The summed E-state index contributed by atoms with van der Waals surface area (Å²) in [6, 6.07) is 6.74. The number of aliphatic hydroxyl groups is 1. The highest BCUT2D eigenvalue weighted by molar-refractivity contribution is 6.35. The van der Waals surface area contributed by atoms with Gasteiger partial charge in [-0.3, -0.25) is 19.3 Å². The van der Waals surface area contributed by atoms with E-state index in [0.29, 0.717) is 29.9 Å². The number of benzene rings is 1. The number of carbonyl (C=O) groups is 3. The fourth-order valence-electron chi connectivity index (χ4n) is 2.93. The normalized spacial score (nSPS) is 14.1. The number of ether oxygens (including phenoxy) is 1. The van der Waals surface area contributed by atoms with E-state index >= 15 is 0 Å². The number of rotatable bonds is 9. The molecule has 0 bridgehead atoms. The van der Waals surface area contributed by atoms with Crippen LogP contribution >= 0.6 is 0 Å². The Balaban J connectivity index is 2.38. The third-order valence-corrected chi connectivity index (χ3v) is 4.18. The lowest BCUT2D eigenvalue weighted by Gasteiger charge is -2.20. The molecule has 0 saturated carbocycles. The van der Waals surface area contributed by atoms with Crippen molar-refractivity contribution < 1.29 is 24.2 Å². The van der Waals surface area contributed by atoms with Gasteiger partial charge in [0.15, 0.2) is 0 Å². The lowest BCUT2D eigenvalue weighted by atomic mass is 10.0. The van der Waals surface area contributed by atoms with Gasteiger partial charge in [0.2, 0.25) is 5.91 Å². The molecular weight excluding hydrogens is 350 g/mol. The predicted molar refractivity (Wildman–Crippen MR) is 101 cm³/mol. The number of amides is 3. The van der Waals surface area contributed by atoms with Crippen LogP contribution in [0.3, 0.4) is 0 Å². The maximum atomic E-state index is 12.9. The summed E-state index contributed by atoms with van der Waals surface area (Å²) in [7, 11) is 3.23. The Hall–Kier alpha value is -2.71. The number of aliphatic hydroxyl groups excluding tert-OH is 1. The standard InChI is InChI=1S/C19H25N3O5/c1-13(24)20-15-7-5-14(6-8-15)16-17(21(2)10-11-23)19(26)22(18(16)25)9-4-12-27-3/h5-8,23H,4,9-12H2,1-3H3,(H,20,24). The lowest BCUT2D eigenvalue weighted by Crippen LogP contribution is -2.35. The Kier molecular flexibility index (Phi) is 7.09. The highest BCUT2D eigenvalue weighted by Gasteiger charge is 2.40. The van der Waals surface area contributed by atoms with E-state index < -0.39 is 0 Å². The van der Waals surface area contributed by atoms with Gasteiger partial charge in [-0.2, -0.15) is 0 Å². The highest BCUT2D eigenvalue weighted by Crippen LogP contribution is 2.31. The van der Waals surface area contributed by atoms with Gasteiger partial charge in [0.25, 0.3) is 11.8 Å². The van der Waals surface area contributed by atoms with Crippen LogP contribution in [0, 0.1) is 0 Å². The van der Waals surface area contributed by atoms with Crippen molar-refractivity contribution in [3.05, 3.63) is 35.5 Å². The molecule has 8 heteroatoms. The summed E-state index contributed by atoms with van der Waals surface area (Å²) < 4.78 is 5.00. The number of nitrogens with zero attached hydrogens (tertiary/aromatic N) is 2. The van der Waals surface area contributed by atoms with Crippen molar-refractivity contribution in [1.82, 2.24) is 9.80 Å². The van der Waals surface area contributed by atoms with Crippen molar-refractivity contribution in [1.29, 1.82) is 0 Å². The van der Waals surface area contributed by atoms with Crippen LogP contribution in [0.5, 0.6) is 0 Å². The van der Waals surface area contributed by atoms with Gasteiger partial charge in [-0.15, -0.1) is 0 Å². The van der Waals surface area contributed by atoms with Crippen molar-refractivity contribution in [3.63, 3.8) is 0 Å². The van der Waals surface area contributed by atoms with Crippen LogP contribution in [0.25, 0.3) is 5.57 Å². The van der Waals surface area contributed by atoms with E-state index in [1.54, 1.807) is 43.3 Å². The summed E-state index contributed by atoms with van der Waals surface area (Å²) in [6.45, 7) is 2.21. The molecule has 1 aromatic carbocycles. The molecule has 2 rings (SSSR count). The maximum Gasteiger partial charge on any atom is 0.277 e. The zero-order valence-electron chi connectivity index (χ0n) is 15.8. The highest BCUT2D eigenvalue weighted by atomic mass is 16.5. The first-order valence-corrected chi connectivity index (χ1v) is 8.70. The third kappa shape index (κ3) is 4.72. The second-order valence-electron chi connectivity index (χ2n) is 6.24. The zero-order valence-corrected chi connectivity index (χ0v) is 15.8. The topological polar surface area (TPSA) is 99.2 Å². The van der Waals surface area contributed by atoms with Crippen molar-refractivity contribution >= 4 is 29.0 Å². The van der Waals surface area contributed by atoms with Gasteiger partial charge in [0.05, 0.1) is 12.2 Å². The second kappa shape index (κ2) is 9.29. The van der Waals surface area contributed by atoms with Gasteiger partial charge in [-0.1, -0.05) is 12.1 Å². The molecule has 146 valence electrons. The summed E-state index contributed by atoms with van der Waals surface area (Å²) in [5.74, 6) is -0.946. The zero-order chi connectivity index (χ0) is 20.0. The average molecular weight is 375 g/mol. The Labute approximate surface area is 158 Å². The fraction of sp³-hybridized carbons (Fsp3) is 0.421. The predicted octanol–water partition coefficient (Wildman–Crippen LogP) is 0.685. The number of nitrogens with one attached hydrogen (secondary N) is 1. The smallest absolute Gasteiger partial charge is 0.277 e. The molecule has 0 radical (unpaired) electrons. The van der Waals surface area contributed by atoms with E-state index in [1.165, 1.54) is 11.8 Å². The molecule has 1 aliphatic heterocycles. The monoisotopic (exact) mass is 375 g/mol. The summed E-state index contributed by atoms with van der Waals surface area (Å²) in [4.78, 5) is 39.8. The Morgan fingerprint density at radius 1 is 1.22 bits per heavy atom. The van der Waals surface area contributed by atoms with Crippen LogP contribution in [-0.2, 0) is 19.1 Å². The van der Waals surface area contributed by atoms with Gasteiger partial charge >= 0.3 is 0 Å². The first kappa shape index (κ1) is 20.6. The largest absolute Gasteiger partial charge is 0.395 e. The molecule has 0 aliphatic carbocycles. The van der Waals surface area contributed by atoms with E-state index in [-0.39, 0.29) is 43.1 Å². The minimum Gasteiger partial charge on any atom is -0.395 e. The number of imide groups is 1. The molecule has 27 heavy (non-hydrogen) atoms. The van der Waals surface area contributed by atoms with E-state index in [9.17, 15) is 19.5 Å². The van der Waals surface area contributed by atoms with Crippen LogP contribution < -0.4 is 5.32 Å². The number of likely N-dealkylation sites (N-methyl/N-ethyl adjacent to an activating group) is 1. The Morgan fingerprint density at radius 3 is 2.44 bits per heavy atom. The van der Waals surface area contributed by atoms with Gasteiger partial charge < -0.3 is 20.1 Å². The quantitative estimate of drug-likeness (QED) is 0.487.